The highest BCUT2D eigenvalue weighted by atomic mass is 15.1. The predicted molar refractivity (Wildman–Crippen MR) is 141 cm³/mol. The molecule has 3 aromatic rings. The molecule has 0 aromatic heterocycles. The molecule has 0 saturated carbocycles. The molecule has 1 N–H and O–H groups in total. The Balaban J connectivity index is 1.75. The molecule has 3 aromatic carbocycles. The molecule has 1 unspecified atom stereocenters. The van der Waals surface area contributed by atoms with Crippen LogP contribution in [0.5, 0.6) is 0 Å². The molecule has 33 heavy (non-hydrogen) atoms. The number of aryl methyl sites for hydroxylation is 2. The standard InChI is InChI=1S/C31H34N2/c1-4-14-25-20-12-21-26(15-5-2)30(25)32-31(27-18-10-7-11-19-27)29-23-13-22-28(33(29)3)24-16-8-6-9-17-24/h6-13,16-23,31-32H,3-5,14-15H2,1-2H3. The van der Waals surface area contributed by atoms with Crippen molar-refractivity contribution in [3.05, 3.63) is 125 Å². The summed E-state index contributed by atoms with van der Waals surface area (Å²) >= 11 is 0. The summed E-state index contributed by atoms with van der Waals surface area (Å²) in [5.41, 5.74) is 7.55. The summed E-state index contributed by atoms with van der Waals surface area (Å²) in [5, 5.41) is 3.98. The van der Waals surface area contributed by atoms with E-state index in [4.69, 9.17) is 0 Å². The molecule has 0 radical (unpaired) electrons. The maximum absolute atomic E-state index is 4.48. The second-order valence-corrected chi connectivity index (χ2v) is 8.57. The van der Waals surface area contributed by atoms with Crippen LogP contribution in [0.25, 0.3) is 5.70 Å². The van der Waals surface area contributed by atoms with Gasteiger partial charge in [-0.1, -0.05) is 118 Å². The molecule has 4 rings (SSSR count). The van der Waals surface area contributed by atoms with E-state index < -0.39 is 0 Å². The van der Waals surface area contributed by atoms with Crippen LogP contribution in [0.3, 0.4) is 0 Å². The monoisotopic (exact) mass is 434 g/mol. The molecule has 0 fully saturated rings. The normalized spacial score (nSPS) is 14.2. The van der Waals surface area contributed by atoms with E-state index in [2.05, 4.69) is 128 Å². The Bertz CT molecular complexity index is 1100. The summed E-state index contributed by atoms with van der Waals surface area (Å²) in [6.45, 7) is 8.98. The van der Waals surface area contributed by atoms with Gasteiger partial charge in [0.05, 0.1) is 6.72 Å². The Morgan fingerprint density at radius 2 is 1.42 bits per heavy atom. The van der Waals surface area contributed by atoms with E-state index in [-0.39, 0.29) is 6.04 Å². The van der Waals surface area contributed by atoms with Gasteiger partial charge in [0, 0.05) is 11.3 Å². The van der Waals surface area contributed by atoms with Gasteiger partial charge in [-0.2, -0.15) is 0 Å². The summed E-state index contributed by atoms with van der Waals surface area (Å²) in [4.78, 5) is 0. The lowest BCUT2D eigenvalue weighted by Crippen LogP contribution is -2.28. The van der Waals surface area contributed by atoms with Crippen LogP contribution in [-0.4, -0.2) is 11.3 Å². The third kappa shape index (κ3) is 5.12. The van der Waals surface area contributed by atoms with Gasteiger partial charge in [-0.05, 0) is 29.5 Å². The van der Waals surface area contributed by atoms with Crippen molar-refractivity contribution in [2.24, 2.45) is 0 Å². The van der Waals surface area contributed by atoms with Crippen molar-refractivity contribution >= 4 is 18.1 Å². The first kappa shape index (κ1) is 22.7. The van der Waals surface area contributed by atoms with Crippen molar-refractivity contribution in [2.45, 2.75) is 45.6 Å². The van der Waals surface area contributed by atoms with E-state index in [1.165, 1.54) is 27.9 Å². The first-order chi connectivity index (χ1) is 16.2. The minimum Gasteiger partial charge on any atom is -0.376 e. The van der Waals surface area contributed by atoms with Crippen LogP contribution < -0.4 is 5.32 Å². The number of benzene rings is 3. The van der Waals surface area contributed by atoms with Gasteiger partial charge in [0.1, 0.15) is 17.8 Å². The molecule has 1 aliphatic heterocycles. The molecule has 2 heteroatoms. The summed E-state index contributed by atoms with van der Waals surface area (Å²) in [7, 11) is 0. The van der Waals surface area contributed by atoms with E-state index in [1.807, 2.05) is 0 Å². The fourth-order valence-electron chi connectivity index (χ4n) is 4.58. The summed E-state index contributed by atoms with van der Waals surface area (Å²) in [6.07, 6.45) is 10.8. The molecule has 1 aliphatic rings. The quantitative estimate of drug-likeness (QED) is 0.271. The van der Waals surface area contributed by atoms with Crippen LogP contribution >= 0.6 is 0 Å². The number of hydrogen-bond donors (Lipinski definition) is 1. The second-order valence-electron chi connectivity index (χ2n) is 8.57. The Hall–Kier alpha value is -3.52. The lowest BCUT2D eigenvalue weighted by molar-refractivity contribution is -0.403. The maximum atomic E-state index is 4.48. The number of nitrogens with one attached hydrogen (secondary N) is 1. The van der Waals surface area contributed by atoms with Gasteiger partial charge in [-0.3, -0.25) is 4.58 Å². The Kier molecular flexibility index (Phi) is 7.47. The van der Waals surface area contributed by atoms with Crippen molar-refractivity contribution in [3.8, 4) is 0 Å². The summed E-state index contributed by atoms with van der Waals surface area (Å²) in [6, 6.07) is 29.1. The Labute approximate surface area is 199 Å². The van der Waals surface area contributed by atoms with Gasteiger partial charge in [0.25, 0.3) is 0 Å². The first-order valence-electron chi connectivity index (χ1n) is 12.1. The van der Waals surface area contributed by atoms with E-state index in [1.54, 1.807) is 0 Å². The minimum absolute atomic E-state index is 0.0130. The first-order valence-corrected chi connectivity index (χ1v) is 12.1. The highest BCUT2D eigenvalue weighted by molar-refractivity contribution is 5.65. The van der Waals surface area contributed by atoms with Crippen LogP contribution in [0.4, 0.5) is 5.69 Å². The number of nitrogens with zero attached hydrogens (tertiary/aromatic N) is 1. The predicted octanol–water partition coefficient (Wildman–Crippen LogP) is 7.60. The zero-order valence-corrected chi connectivity index (χ0v) is 19.8. The zero-order valence-electron chi connectivity index (χ0n) is 19.8. The van der Waals surface area contributed by atoms with E-state index in [9.17, 15) is 0 Å². The maximum Gasteiger partial charge on any atom is 0.130 e. The van der Waals surface area contributed by atoms with Gasteiger partial charge < -0.3 is 5.32 Å². The van der Waals surface area contributed by atoms with Gasteiger partial charge in [-0.15, -0.1) is 6.08 Å². The molecule has 0 spiro atoms. The molecule has 1 heterocycles. The van der Waals surface area contributed by atoms with Crippen molar-refractivity contribution < 1.29 is 4.58 Å². The summed E-state index contributed by atoms with van der Waals surface area (Å²) in [5.74, 6) is 0. The fraction of sp³-hybridized carbons (Fsp3) is 0.226. The third-order valence-electron chi connectivity index (χ3n) is 6.19. The van der Waals surface area contributed by atoms with E-state index >= 15 is 0 Å². The molecule has 168 valence electrons. The zero-order chi connectivity index (χ0) is 23.0. The van der Waals surface area contributed by atoms with Crippen molar-refractivity contribution in [1.82, 2.24) is 0 Å². The number of para-hydroxylation sites is 1. The molecule has 0 amide bonds. The third-order valence-corrected chi connectivity index (χ3v) is 6.19. The average molecular weight is 435 g/mol. The van der Waals surface area contributed by atoms with Crippen LogP contribution in [0.1, 0.15) is 55.0 Å². The molecular weight excluding hydrogens is 400 g/mol. The van der Waals surface area contributed by atoms with Crippen LogP contribution in [0.2, 0.25) is 0 Å². The van der Waals surface area contributed by atoms with Crippen molar-refractivity contribution in [3.63, 3.8) is 0 Å². The van der Waals surface area contributed by atoms with Gasteiger partial charge in [0.2, 0.25) is 0 Å². The number of anilines is 1. The van der Waals surface area contributed by atoms with E-state index in [0.717, 1.165) is 37.4 Å². The van der Waals surface area contributed by atoms with Crippen molar-refractivity contribution in [1.29, 1.82) is 0 Å². The smallest absolute Gasteiger partial charge is 0.130 e. The Morgan fingerprint density at radius 3 is 2.03 bits per heavy atom. The van der Waals surface area contributed by atoms with Gasteiger partial charge in [-0.25, -0.2) is 0 Å². The lowest BCUT2D eigenvalue weighted by Gasteiger charge is -2.32. The Morgan fingerprint density at radius 1 is 0.818 bits per heavy atom. The molecule has 0 saturated heterocycles. The topological polar surface area (TPSA) is 15.0 Å². The molecule has 0 aliphatic carbocycles. The van der Waals surface area contributed by atoms with Crippen LogP contribution in [0, 0.1) is 6.04 Å². The number of allylic oxidation sites excluding steroid dienone is 2. The number of hydrogen-bond acceptors (Lipinski definition) is 1. The van der Waals surface area contributed by atoms with E-state index in [0.29, 0.717) is 0 Å². The van der Waals surface area contributed by atoms with Crippen LogP contribution in [0.15, 0.2) is 97.1 Å². The highest BCUT2D eigenvalue weighted by Gasteiger charge is 2.29. The van der Waals surface area contributed by atoms with Crippen LogP contribution in [-0.2, 0) is 12.8 Å². The molecule has 0 bridgehead atoms. The SMILES string of the molecule is C=[N+]1C(c2ccccc2)=CC=C[C-]1C(Nc1c(CCC)cccc1CCC)c1ccccc1. The average Bonchev–Trinajstić information content (AvgIpc) is 2.86. The second kappa shape index (κ2) is 10.9. The molecular formula is C31H34N2. The summed E-state index contributed by atoms with van der Waals surface area (Å²) < 4.78 is 2.09. The highest BCUT2D eigenvalue weighted by Crippen LogP contribution is 2.37. The molecule has 1 atom stereocenters. The van der Waals surface area contributed by atoms with Gasteiger partial charge >= 0.3 is 0 Å². The minimum atomic E-state index is -0.0130. The fourth-order valence-corrected chi connectivity index (χ4v) is 4.58. The number of rotatable bonds is 9. The lowest BCUT2D eigenvalue weighted by atomic mass is 9.93. The largest absolute Gasteiger partial charge is 0.376 e. The van der Waals surface area contributed by atoms with Gasteiger partial charge in [0.15, 0.2) is 0 Å². The van der Waals surface area contributed by atoms with Crippen molar-refractivity contribution in [2.75, 3.05) is 5.32 Å². The molecule has 2 nitrogen and oxygen atoms in total.